The lowest BCUT2D eigenvalue weighted by atomic mass is 10.0. The fourth-order valence-electron chi connectivity index (χ4n) is 5.34. The van der Waals surface area contributed by atoms with Gasteiger partial charge in [-0.05, 0) is 67.6 Å². The number of amides is 2. The van der Waals surface area contributed by atoms with Gasteiger partial charge in [0.1, 0.15) is 24.2 Å². The number of carbonyl (C=O) groups excluding carboxylic acids is 2. The third kappa shape index (κ3) is 5.32. The summed E-state index contributed by atoms with van der Waals surface area (Å²) in [5.74, 6) is 0.584. The number of nitrogens with zero attached hydrogens (tertiary/aromatic N) is 5. The molecule has 10 heteroatoms. The van der Waals surface area contributed by atoms with E-state index in [9.17, 15) is 14.0 Å². The van der Waals surface area contributed by atoms with Crippen LogP contribution in [0.3, 0.4) is 0 Å². The van der Waals surface area contributed by atoms with Crippen LogP contribution in [0.15, 0.2) is 40.8 Å². The average Bonchev–Trinajstić information content (AvgIpc) is 3.66. The minimum atomic E-state index is -0.863. The van der Waals surface area contributed by atoms with Gasteiger partial charge in [-0.15, -0.1) is 10.2 Å². The molecule has 0 unspecified atom stereocenters. The van der Waals surface area contributed by atoms with Gasteiger partial charge in [-0.1, -0.05) is 37.8 Å². The van der Waals surface area contributed by atoms with E-state index in [0.29, 0.717) is 11.3 Å². The highest BCUT2D eigenvalue weighted by Gasteiger charge is 2.38. The Morgan fingerprint density at radius 3 is 2.44 bits per heavy atom. The minimum Gasteiger partial charge on any atom is -0.458 e. The molecular weight excluding hydrogens is 463 g/mol. The summed E-state index contributed by atoms with van der Waals surface area (Å²) in [5.41, 5.74) is 0.588. The number of aryl methyl sites for hydroxylation is 1. The predicted octanol–water partition coefficient (Wildman–Crippen LogP) is 3.95. The van der Waals surface area contributed by atoms with E-state index in [4.69, 9.17) is 4.42 Å². The third-order valence-corrected chi connectivity index (χ3v) is 7.11. The lowest BCUT2D eigenvalue weighted by molar-refractivity contribution is -0.144. The van der Waals surface area contributed by atoms with Crippen molar-refractivity contribution in [2.45, 2.75) is 83.0 Å². The van der Waals surface area contributed by atoms with Crippen molar-refractivity contribution in [3.63, 3.8) is 0 Å². The molecule has 3 aromatic rings. The second kappa shape index (κ2) is 10.6. The van der Waals surface area contributed by atoms with Gasteiger partial charge in [0.05, 0.1) is 0 Å². The summed E-state index contributed by atoms with van der Waals surface area (Å²) >= 11 is 0. The Morgan fingerprint density at radius 2 is 1.78 bits per heavy atom. The summed E-state index contributed by atoms with van der Waals surface area (Å²) in [6.45, 7) is 1.65. The quantitative estimate of drug-likeness (QED) is 0.508. The molecule has 2 heterocycles. The van der Waals surface area contributed by atoms with E-state index in [1.54, 1.807) is 29.2 Å². The van der Waals surface area contributed by atoms with Crippen molar-refractivity contribution in [2.75, 3.05) is 0 Å². The van der Waals surface area contributed by atoms with Gasteiger partial charge in [-0.2, -0.15) is 4.80 Å². The molecular formula is C26H31FN6O3. The van der Waals surface area contributed by atoms with Crippen molar-refractivity contribution < 1.29 is 18.4 Å². The third-order valence-electron chi connectivity index (χ3n) is 7.11. The molecule has 2 aliphatic rings. The fourth-order valence-corrected chi connectivity index (χ4v) is 5.34. The first-order chi connectivity index (χ1) is 17.5. The number of aromatic nitrogens is 4. The van der Waals surface area contributed by atoms with Crippen LogP contribution >= 0.6 is 0 Å². The van der Waals surface area contributed by atoms with Crippen LogP contribution in [0.4, 0.5) is 4.39 Å². The number of tetrazole rings is 1. The van der Waals surface area contributed by atoms with Crippen LogP contribution in [0.5, 0.6) is 0 Å². The smallest absolute Gasteiger partial charge is 0.247 e. The van der Waals surface area contributed by atoms with E-state index in [2.05, 4.69) is 20.7 Å². The Labute approximate surface area is 209 Å². The van der Waals surface area contributed by atoms with E-state index in [0.717, 1.165) is 57.1 Å². The molecule has 2 amide bonds. The van der Waals surface area contributed by atoms with Crippen molar-refractivity contribution in [3.05, 3.63) is 53.5 Å². The van der Waals surface area contributed by atoms with Crippen molar-refractivity contribution in [1.82, 2.24) is 30.4 Å². The van der Waals surface area contributed by atoms with E-state index in [1.807, 2.05) is 6.92 Å². The highest BCUT2D eigenvalue weighted by molar-refractivity contribution is 5.89. The van der Waals surface area contributed by atoms with Gasteiger partial charge >= 0.3 is 0 Å². The van der Waals surface area contributed by atoms with E-state index >= 15 is 0 Å². The van der Waals surface area contributed by atoms with Crippen LogP contribution in [0.1, 0.15) is 68.7 Å². The highest BCUT2D eigenvalue weighted by Crippen LogP contribution is 2.33. The Balaban J connectivity index is 1.43. The van der Waals surface area contributed by atoms with Crippen LogP contribution in [-0.4, -0.2) is 49.0 Å². The van der Waals surface area contributed by atoms with Crippen LogP contribution < -0.4 is 5.32 Å². The van der Waals surface area contributed by atoms with Crippen LogP contribution in [0.25, 0.3) is 11.6 Å². The maximum atomic E-state index is 13.8. The molecule has 1 atom stereocenters. The van der Waals surface area contributed by atoms with E-state index < -0.39 is 6.04 Å². The normalized spacial score (nSPS) is 17.4. The number of benzene rings is 1. The lowest BCUT2D eigenvalue weighted by Crippen LogP contribution is -2.50. The van der Waals surface area contributed by atoms with Gasteiger partial charge in [0.25, 0.3) is 0 Å². The van der Waals surface area contributed by atoms with E-state index in [1.165, 1.54) is 16.9 Å². The second-order valence-electron chi connectivity index (χ2n) is 9.74. The molecule has 2 aromatic heterocycles. The summed E-state index contributed by atoms with van der Waals surface area (Å²) in [5, 5.41) is 15.5. The molecule has 190 valence electrons. The zero-order chi connectivity index (χ0) is 25.1. The van der Waals surface area contributed by atoms with Crippen LogP contribution in [0, 0.1) is 12.7 Å². The number of halogens is 1. The minimum absolute atomic E-state index is 0.0947. The first-order valence-electron chi connectivity index (χ1n) is 12.7. The molecule has 36 heavy (non-hydrogen) atoms. The molecule has 0 radical (unpaired) electrons. The van der Waals surface area contributed by atoms with Gasteiger partial charge in [0.2, 0.25) is 17.6 Å². The first kappa shape index (κ1) is 24.1. The summed E-state index contributed by atoms with van der Waals surface area (Å²) in [6.07, 6.45) is 7.59. The molecule has 0 aliphatic heterocycles. The zero-order valence-electron chi connectivity index (χ0n) is 20.4. The summed E-state index contributed by atoms with van der Waals surface area (Å²) < 4.78 is 19.3. The molecule has 2 aliphatic carbocycles. The summed E-state index contributed by atoms with van der Waals surface area (Å²) in [6, 6.07) is 8.54. The fraction of sp³-hybridized carbons (Fsp3) is 0.500. The Kier molecular flexibility index (Phi) is 7.11. The molecule has 1 N–H and O–H groups in total. The van der Waals surface area contributed by atoms with Gasteiger partial charge in [-0.3, -0.25) is 9.59 Å². The molecule has 2 fully saturated rings. The second-order valence-corrected chi connectivity index (χ2v) is 9.74. The number of nitrogens with one attached hydrogen (secondary N) is 1. The van der Waals surface area contributed by atoms with Crippen molar-refractivity contribution >= 4 is 11.8 Å². The molecule has 0 bridgehead atoms. The largest absolute Gasteiger partial charge is 0.458 e. The standard InChI is InChI=1S/C26H31FN6O3/c1-17-10-15-22(36-17)25-29-31-32(30-25)16-23(34)33(21-8-4-5-9-21)24(18-11-13-19(27)14-12-18)26(35)28-20-6-2-3-7-20/h10-15,20-21,24H,2-9,16H2,1H3,(H,28,35)/t24-/m0/s1. The first-order valence-corrected chi connectivity index (χ1v) is 12.7. The van der Waals surface area contributed by atoms with Gasteiger partial charge in [-0.25, -0.2) is 4.39 Å². The number of hydrogen-bond acceptors (Lipinski definition) is 6. The van der Waals surface area contributed by atoms with E-state index in [-0.39, 0.29) is 42.1 Å². The topological polar surface area (TPSA) is 106 Å². The monoisotopic (exact) mass is 494 g/mol. The summed E-state index contributed by atoms with van der Waals surface area (Å²) in [4.78, 5) is 30.4. The Hall–Kier alpha value is -3.56. The predicted molar refractivity (Wildman–Crippen MR) is 129 cm³/mol. The molecule has 9 nitrogen and oxygen atoms in total. The molecule has 1 aromatic carbocycles. The van der Waals surface area contributed by atoms with Gasteiger partial charge < -0.3 is 14.6 Å². The number of carbonyl (C=O) groups is 2. The van der Waals surface area contributed by atoms with Crippen LogP contribution in [-0.2, 0) is 16.1 Å². The van der Waals surface area contributed by atoms with Gasteiger partial charge in [0, 0.05) is 12.1 Å². The van der Waals surface area contributed by atoms with Crippen molar-refractivity contribution in [1.29, 1.82) is 0 Å². The molecule has 5 rings (SSSR count). The average molecular weight is 495 g/mol. The lowest BCUT2D eigenvalue weighted by Gasteiger charge is -2.36. The maximum Gasteiger partial charge on any atom is 0.247 e. The maximum absolute atomic E-state index is 13.8. The van der Waals surface area contributed by atoms with Crippen molar-refractivity contribution in [3.8, 4) is 11.6 Å². The highest BCUT2D eigenvalue weighted by atomic mass is 19.1. The number of rotatable bonds is 8. The SMILES string of the molecule is Cc1ccc(-c2nnn(CC(=O)N(C3CCCC3)[C@H](C(=O)NC3CCCC3)c3ccc(F)cc3)n2)o1. The Bertz CT molecular complexity index is 1190. The molecule has 0 saturated heterocycles. The summed E-state index contributed by atoms with van der Waals surface area (Å²) in [7, 11) is 0. The Morgan fingerprint density at radius 1 is 1.08 bits per heavy atom. The van der Waals surface area contributed by atoms with Gasteiger partial charge in [0.15, 0.2) is 5.76 Å². The number of hydrogen-bond donors (Lipinski definition) is 1. The van der Waals surface area contributed by atoms with Crippen molar-refractivity contribution in [2.24, 2.45) is 0 Å². The molecule has 2 saturated carbocycles. The number of furan rings is 1. The molecule has 0 spiro atoms. The van der Waals surface area contributed by atoms with Crippen LogP contribution in [0.2, 0.25) is 0 Å². The zero-order valence-corrected chi connectivity index (χ0v) is 20.4.